The fourth-order valence-corrected chi connectivity index (χ4v) is 3.60. The largest absolute Gasteiger partial charge is 0.375 e. The van der Waals surface area contributed by atoms with Crippen LogP contribution in [0.3, 0.4) is 0 Å². The number of hydrogen-bond acceptors (Lipinski definition) is 8. The maximum absolute atomic E-state index is 5.69. The molecule has 1 fully saturated rings. The summed E-state index contributed by atoms with van der Waals surface area (Å²) in [6.45, 7) is 6.66. The van der Waals surface area contributed by atoms with Gasteiger partial charge in [-0.25, -0.2) is 9.97 Å². The maximum atomic E-state index is 5.69. The molecule has 1 saturated heterocycles. The van der Waals surface area contributed by atoms with Crippen LogP contribution in [0.1, 0.15) is 10.7 Å². The first-order valence-electron chi connectivity index (χ1n) is 7.54. The third kappa shape index (κ3) is 3.28. The van der Waals surface area contributed by atoms with Gasteiger partial charge in [0.1, 0.15) is 5.82 Å². The molecule has 3 aromatic heterocycles. The first kappa shape index (κ1) is 16.9. The van der Waals surface area contributed by atoms with Crippen molar-refractivity contribution < 1.29 is 0 Å². The number of nitrogens with two attached hydrogens (primary N) is 1. The van der Waals surface area contributed by atoms with Gasteiger partial charge in [0.25, 0.3) is 0 Å². The van der Waals surface area contributed by atoms with Crippen molar-refractivity contribution in [1.82, 2.24) is 29.5 Å². The molecule has 0 atom stereocenters. The summed E-state index contributed by atoms with van der Waals surface area (Å²) in [6, 6.07) is 0. The molecule has 1 aliphatic rings. The molecule has 4 heterocycles. The molecule has 0 saturated carbocycles. The van der Waals surface area contributed by atoms with Gasteiger partial charge in [-0.2, -0.15) is 4.52 Å². The zero-order valence-electron chi connectivity index (χ0n) is 13.3. The van der Waals surface area contributed by atoms with Gasteiger partial charge >= 0.3 is 0 Å². The molecule has 3 aromatic rings. The average Bonchev–Trinajstić information content (AvgIpc) is 3.12. The summed E-state index contributed by atoms with van der Waals surface area (Å²) in [4.78, 5) is 18.7. The van der Waals surface area contributed by atoms with Crippen molar-refractivity contribution in [3.63, 3.8) is 0 Å². The fourth-order valence-electron chi connectivity index (χ4n) is 2.88. The van der Waals surface area contributed by atoms with E-state index in [1.165, 1.54) is 4.88 Å². The van der Waals surface area contributed by atoms with E-state index in [0.717, 1.165) is 50.0 Å². The molecule has 0 aliphatic carbocycles. The lowest BCUT2D eigenvalue weighted by Crippen LogP contribution is -2.46. The Kier molecular flexibility index (Phi) is 4.83. The quantitative estimate of drug-likeness (QED) is 0.745. The van der Waals surface area contributed by atoms with Gasteiger partial charge in [-0.15, -0.1) is 28.8 Å². The Labute approximate surface area is 149 Å². The second-order valence-electron chi connectivity index (χ2n) is 5.62. The molecular weight excluding hydrogens is 348 g/mol. The van der Waals surface area contributed by atoms with Crippen molar-refractivity contribution in [2.75, 3.05) is 36.8 Å². The number of thiazole rings is 1. The number of nitrogens with zero attached hydrogens (tertiary/aromatic N) is 7. The molecule has 0 radical (unpaired) electrons. The second-order valence-corrected chi connectivity index (χ2v) is 6.77. The van der Waals surface area contributed by atoms with Crippen molar-refractivity contribution in [3.05, 3.63) is 29.3 Å². The monoisotopic (exact) mass is 366 g/mol. The Balaban J connectivity index is 0.00000169. The number of aryl methyl sites for hydroxylation is 1. The van der Waals surface area contributed by atoms with E-state index in [1.54, 1.807) is 17.5 Å². The van der Waals surface area contributed by atoms with E-state index in [1.807, 2.05) is 23.8 Å². The van der Waals surface area contributed by atoms with Gasteiger partial charge in [0.15, 0.2) is 16.6 Å². The molecular formula is C14H19ClN8S. The number of piperazine rings is 1. The highest BCUT2D eigenvalue weighted by Gasteiger charge is 2.20. The van der Waals surface area contributed by atoms with Gasteiger partial charge in [-0.3, -0.25) is 9.88 Å². The Morgan fingerprint density at radius 2 is 1.96 bits per heavy atom. The summed E-state index contributed by atoms with van der Waals surface area (Å²) in [5.41, 5.74) is 6.49. The number of anilines is 2. The van der Waals surface area contributed by atoms with Crippen LogP contribution in [0.5, 0.6) is 0 Å². The predicted octanol–water partition coefficient (Wildman–Crippen LogP) is 1.22. The topological polar surface area (TPSA) is 88.5 Å². The van der Waals surface area contributed by atoms with Crippen molar-refractivity contribution in [3.8, 4) is 0 Å². The summed E-state index contributed by atoms with van der Waals surface area (Å²) >= 11 is 1.56. The van der Waals surface area contributed by atoms with Crippen LogP contribution >= 0.6 is 23.7 Å². The van der Waals surface area contributed by atoms with E-state index in [0.29, 0.717) is 5.13 Å². The first-order valence-corrected chi connectivity index (χ1v) is 8.35. The van der Waals surface area contributed by atoms with Crippen LogP contribution in [0, 0.1) is 6.92 Å². The van der Waals surface area contributed by atoms with E-state index in [-0.39, 0.29) is 12.4 Å². The Morgan fingerprint density at radius 3 is 2.67 bits per heavy atom. The molecule has 4 rings (SSSR count). The summed E-state index contributed by atoms with van der Waals surface area (Å²) in [6.07, 6.45) is 5.48. The summed E-state index contributed by atoms with van der Waals surface area (Å²) in [7, 11) is 0. The molecule has 2 N–H and O–H groups in total. The van der Waals surface area contributed by atoms with Crippen LogP contribution < -0.4 is 10.6 Å². The average molecular weight is 367 g/mol. The second kappa shape index (κ2) is 6.88. The minimum Gasteiger partial charge on any atom is -0.375 e. The molecule has 1 aliphatic heterocycles. The normalized spacial score (nSPS) is 15.6. The molecule has 0 unspecified atom stereocenters. The van der Waals surface area contributed by atoms with Gasteiger partial charge in [0, 0.05) is 43.8 Å². The molecule has 0 bridgehead atoms. The number of halogens is 1. The third-order valence-electron chi connectivity index (χ3n) is 3.98. The highest BCUT2D eigenvalue weighted by Crippen LogP contribution is 2.20. The molecule has 24 heavy (non-hydrogen) atoms. The molecule has 0 aromatic carbocycles. The fraction of sp³-hybridized carbons (Fsp3) is 0.429. The summed E-state index contributed by atoms with van der Waals surface area (Å²) in [5.74, 6) is 1.77. The minimum absolute atomic E-state index is 0. The molecule has 0 amide bonds. The lowest BCUT2D eigenvalue weighted by atomic mass is 10.3. The van der Waals surface area contributed by atoms with Crippen LogP contribution in [0.25, 0.3) is 5.65 Å². The van der Waals surface area contributed by atoms with Crippen LogP contribution in [-0.4, -0.2) is 55.6 Å². The van der Waals surface area contributed by atoms with Crippen molar-refractivity contribution in [1.29, 1.82) is 0 Å². The lowest BCUT2D eigenvalue weighted by Gasteiger charge is -2.35. The molecule has 10 heteroatoms. The van der Waals surface area contributed by atoms with Crippen LogP contribution in [0.4, 0.5) is 10.9 Å². The number of aromatic nitrogens is 5. The number of rotatable bonds is 3. The summed E-state index contributed by atoms with van der Waals surface area (Å²) in [5, 5.41) is 5.10. The SMILES string of the molecule is Cc1nc2cncc(N3CCN(Cc4cnc(N)s4)CC3)n2n1.Cl. The van der Waals surface area contributed by atoms with Crippen LogP contribution in [0.2, 0.25) is 0 Å². The predicted molar refractivity (Wildman–Crippen MR) is 96.8 cm³/mol. The number of hydrogen-bond donors (Lipinski definition) is 1. The van der Waals surface area contributed by atoms with Crippen molar-refractivity contribution in [2.24, 2.45) is 0 Å². The first-order chi connectivity index (χ1) is 11.2. The van der Waals surface area contributed by atoms with Crippen LogP contribution in [0.15, 0.2) is 18.6 Å². The van der Waals surface area contributed by atoms with Crippen molar-refractivity contribution >= 4 is 40.3 Å². The number of nitrogen functional groups attached to an aromatic ring is 1. The van der Waals surface area contributed by atoms with E-state index in [2.05, 4.69) is 29.9 Å². The van der Waals surface area contributed by atoms with Gasteiger partial charge in [-0.1, -0.05) is 0 Å². The highest BCUT2D eigenvalue weighted by atomic mass is 35.5. The molecule has 0 spiro atoms. The van der Waals surface area contributed by atoms with E-state index in [9.17, 15) is 0 Å². The minimum atomic E-state index is 0. The van der Waals surface area contributed by atoms with Crippen molar-refractivity contribution in [2.45, 2.75) is 13.5 Å². The van der Waals surface area contributed by atoms with Crippen LogP contribution in [-0.2, 0) is 6.54 Å². The Hall–Kier alpha value is -1.97. The highest BCUT2D eigenvalue weighted by molar-refractivity contribution is 7.15. The van der Waals surface area contributed by atoms with E-state index < -0.39 is 0 Å². The van der Waals surface area contributed by atoms with E-state index in [4.69, 9.17) is 5.73 Å². The Morgan fingerprint density at radius 1 is 1.17 bits per heavy atom. The van der Waals surface area contributed by atoms with Gasteiger partial charge < -0.3 is 10.6 Å². The lowest BCUT2D eigenvalue weighted by molar-refractivity contribution is 0.251. The third-order valence-corrected chi connectivity index (χ3v) is 4.79. The zero-order valence-corrected chi connectivity index (χ0v) is 14.9. The van der Waals surface area contributed by atoms with Gasteiger partial charge in [-0.05, 0) is 6.92 Å². The molecule has 8 nitrogen and oxygen atoms in total. The molecule has 128 valence electrons. The van der Waals surface area contributed by atoms with Gasteiger partial charge in [0.2, 0.25) is 0 Å². The van der Waals surface area contributed by atoms with E-state index >= 15 is 0 Å². The number of fused-ring (bicyclic) bond motifs is 1. The zero-order chi connectivity index (χ0) is 15.8. The smallest absolute Gasteiger partial charge is 0.180 e. The maximum Gasteiger partial charge on any atom is 0.180 e. The standard InChI is InChI=1S/C14H18N8S.ClH/c1-10-18-12-7-16-8-13(22(12)19-10)21-4-2-20(3-5-21)9-11-6-17-14(15)23-11;/h6-8H,2-5,9H2,1H3,(H2,15,17);1H. The summed E-state index contributed by atoms with van der Waals surface area (Å²) < 4.78 is 1.88. The van der Waals surface area contributed by atoms with Gasteiger partial charge in [0.05, 0.1) is 12.4 Å². The Bertz CT molecular complexity index is 823.